The Hall–Kier alpha value is -0.470. The van der Waals surface area contributed by atoms with Crippen LogP contribution in [-0.2, 0) is 14.8 Å². The highest BCUT2D eigenvalue weighted by Gasteiger charge is 2.15. The van der Waals surface area contributed by atoms with E-state index in [9.17, 15) is 13.5 Å². The van der Waals surface area contributed by atoms with Gasteiger partial charge in [-0.2, -0.15) is 0 Å². The molecule has 0 radical (unpaired) electrons. The summed E-state index contributed by atoms with van der Waals surface area (Å²) in [6, 6.07) is 4.83. The summed E-state index contributed by atoms with van der Waals surface area (Å²) in [6.45, 7) is 2.19. The molecule has 0 aliphatic heterocycles. The number of aliphatic hydroxyl groups is 1. The monoisotopic (exact) mass is 351 g/mol. The molecule has 1 unspecified atom stereocenters. The van der Waals surface area contributed by atoms with Crippen LogP contribution in [0.2, 0.25) is 0 Å². The standard InChI is InChI=1S/C12H18BrNO4S/c1-9-7-11(3-4-12(9)13)19(16,17)14-6-5-10(15)8-18-2/h3-4,7,10,14-15H,5-6,8H2,1-2H3. The number of methoxy groups -OCH3 is 1. The quantitative estimate of drug-likeness (QED) is 0.779. The van der Waals surface area contributed by atoms with Crippen molar-refractivity contribution in [1.82, 2.24) is 4.72 Å². The zero-order valence-corrected chi connectivity index (χ0v) is 13.3. The molecule has 0 saturated heterocycles. The Morgan fingerprint density at radius 2 is 2.16 bits per heavy atom. The summed E-state index contributed by atoms with van der Waals surface area (Å²) < 4.78 is 32.1. The highest BCUT2D eigenvalue weighted by Crippen LogP contribution is 2.19. The van der Waals surface area contributed by atoms with Crippen molar-refractivity contribution in [2.24, 2.45) is 0 Å². The molecule has 0 aliphatic rings. The molecule has 0 fully saturated rings. The molecule has 1 aromatic carbocycles. The predicted octanol–water partition coefficient (Wildman–Crippen LogP) is 1.43. The van der Waals surface area contributed by atoms with Gasteiger partial charge in [-0.15, -0.1) is 0 Å². The first-order valence-electron chi connectivity index (χ1n) is 5.79. The van der Waals surface area contributed by atoms with Gasteiger partial charge < -0.3 is 9.84 Å². The minimum atomic E-state index is -3.53. The summed E-state index contributed by atoms with van der Waals surface area (Å²) >= 11 is 3.32. The van der Waals surface area contributed by atoms with Crippen LogP contribution in [0.5, 0.6) is 0 Å². The lowest BCUT2D eigenvalue weighted by Crippen LogP contribution is -2.28. The van der Waals surface area contributed by atoms with Crippen LogP contribution in [0.3, 0.4) is 0 Å². The lowest BCUT2D eigenvalue weighted by Gasteiger charge is -2.11. The van der Waals surface area contributed by atoms with Gasteiger partial charge in [0.2, 0.25) is 10.0 Å². The lowest BCUT2D eigenvalue weighted by atomic mass is 10.2. The molecule has 0 bridgehead atoms. The Kier molecular flexibility index (Phi) is 6.41. The van der Waals surface area contributed by atoms with Crippen molar-refractivity contribution >= 4 is 26.0 Å². The third-order valence-corrected chi connectivity index (χ3v) is 4.92. The minimum Gasteiger partial charge on any atom is -0.391 e. The Morgan fingerprint density at radius 3 is 2.74 bits per heavy atom. The normalized spacial score (nSPS) is 13.5. The minimum absolute atomic E-state index is 0.169. The van der Waals surface area contributed by atoms with Gasteiger partial charge in [0.25, 0.3) is 0 Å². The molecule has 1 rings (SSSR count). The Balaban J connectivity index is 2.63. The molecule has 0 spiro atoms. The SMILES string of the molecule is COCC(O)CCNS(=O)(=O)c1ccc(Br)c(C)c1. The molecule has 7 heteroatoms. The summed E-state index contributed by atoms with van der Waals surface area (Å²) in [5, 5.41) is 9.43. The molecule has 0 aromatic heterocycles. The molecule has 0 amide bonds. The fourth-order valence-electron chi connectivity index (χ4n) is 1.50. The average Bonchev–Trinajstić information content (AvgIpc) is 2.32. The van der Waals surface area contributed by atoms with E-state index in [0.717, 1.165) is 10.0 Å². The van der Waals surface area contributed by atoms with Gasteiger partial charge >= 0.3 is 0 Å². The van der Waals surface area contributed by atoms with Gasteiger partial charge in [0.15, 0.2) is 0 Å². The van der Waals surface area contributed by atoms with Crippen LogP contribution >= 0.6 is 15.9 Å². The number of nitrogens with one attached hydrogen (secondary N) is 1. The van der Waals surface area contributed by atoms with Crippen LogP contribution in [0.4, 0.5) is 0 Å². The molecule has 2 N–H and O–H groups in total. The Labute approximate surface area is 122 Å². The van der Waals surface area contributed by atoms with E-state index in [0.29, 0.717) is 6.42 Å². The van der Waals surface area contributed by atoms with E-state index in [2.05, 4.69) is 20.7 Å². The van der Waals surface area contributed by atoms with Gasteiger partial charge in [0.05, 0.1) is 17.6 Å². The maximum atomic E-state index is 12.0. The topological polar surface area (TPSA) is 75.6 Å². The second-order valence-electron chi connectivity index (χ2n) is 4.21. The zero-order valence-electron chi connectivity index (χ0n) is 10.9. The summed E-state index contributed by atoms with van der Waals surface area (Å²) in [7, 11) is -2.05. The van der Waals surface area contributed by atoms with Crippen molar-refractivity contribution in [1.29, 1.82) is 0 Å². The number of benzene rings is 1. The molecule has 1 aromatic rings. The van der Waals surface area contributed by atoms with E-state index in [1.165, 1.54) is 13.2 Å². The molecule has 108 valence electrons. The second kappa shape index (κ2) is 7.35. The lowest BCUT2D eigenvalue weighted by molar-refractivity contribution is 0.0603. The van der Waals surface area contributed by atoms with E-state index in [1.807, 2.05) is 6.92 Å². The van der Waals surface area contributed by atoms with Crippen molar-refractivity contribution in [2.45, 2.75) is 24.3 Å². The third-order valence-electron chi connectivity index (χ3n) is 2.57. The number of halogens is 1. The van der Waals surface area contributed by atoms with Crippen molar-refractivity contribution in [3.8, 4) is 0 Å². The van der Waals surface area contributed by atoms with Gasteiger partial charge in [0, 0.05) is 18.1 Å². The van der Waals surface area contributed by atoms with Crippen LogP contribution < -0.4 is 4.72 Å². The van der Waals surface area contributed by atoms with Crippen LogP contribution in [-0.4, -0.2) is 39.9 Å². The number of aliphatic hydroxyl groups excluding tert-OH is 1. The fraction of sp³-hybridized carbons (Fsp3) is 0.500. The molecule has 0 aliphatic carbocycles. The first-order valence-corrected chi connectivity index (χ1v) is 8.07. The van der Waals surface area contributed by atoms with Crippen molar-refractivity contribution in [3.05, 3.63) is 28.2 Å². The number of hydrogen-bond acceptors (Lipinski definition) is 4. The van der Waals surface area contributed by atoms with Crippen molar-refractivity contribution in [3.63, 3.8) is 0 Å². The molecule has 0 saturated carbocycles. The van der Waals surface area contributed by atoms with Crippen LogP contribution in [0.25, 0.3) is 0 Å². The number of rotatable bonds is 7. The number of hydrogen-bond donors (Lipinski definition) is 2. The first-order chi connectivity index (χ1) is 8.86. The number of aryl methyl sites for hydroxylation is 1. The maximum absolute atomic E-state index is 12.0. The Bertz CT molecular complexity index is 518. The Morgan fingerprint density at radius 1 is 1.47 bits per heavy atom. The molecule has 1 atom stereocenters. The molecule has 5 nitrogen and oxygen atoms in total. The van der Waals surface area contributed by atoms with Crippen molar-refractivity contribution in [2.75, 3.05) is 20.3 Å². The van der Waals surface area contributed by atoms with E-state index >= 15 is 0 Å². The molecule has 0 heterocycles. The summed E-state index contributed by atoms with van der Waals surface area (Å²) in [5.74, 6) is 0. The van der Waals surface area contributed by atoms with Crippen molar-refractivity contribution < 1.29 is 18.3 Å². The van der Waals surface area contributed by atoms with E-state index in [4.69, 9.17) is 4.74 Å². The van der Waals surface area contributed by atoms with Gasteiger partial charge in [-0.1, -0.05) is 15.9 Å². The van der Waals surface area contributed by atoms with Gasteiger partial charge in [-0.3, -0.25) is 0 Å². The molecular weight excluding hydrogens is 334 g/mol. The molecule has 19 heavy (non-hydrogen) atoms. The first kappa shape index (κ1) is 16.6. The summed E-state index contributed by atoms with van der Waals surface area (Å²) in [4.78, 5) is 0.217. The van der Waals surface area contributed by atoms with Crippen LogP contribution in [0.1, 0.15) is 12.0 Å². The predicted molar refractivity (Wildman–Crippen MR) is 76.6 cm³/mol. The average molecular weight is 352 g/mol. The fourth-order valence-corrected chi connectivity index (χ4v) is 2.88. The second-order valence-corrected chi connectivity index (χ2v) is 6.83. The highest BCUT2D eigenvalue weighted by atomic mass is 79.9. The van der Waals surface area contributed by atoms with Crippen LogP contribution in [0.15, 0.2) is 27.6 Å². The van der Waals surface area contributed by atoms with Gasteiger partial charge in [-0.05, 0) is 37.1 Å². The zero-order chi connectivity index (χ0) is 14.5. The number of ether oxygens (including phenoxy) is 1. The third kappa shape index (κ3) is 5.19. The maximum Gasteiger partial charge on any atom is 0.240 e. The van der Waals surface area contributed by atoms with Gasteiger partial charge in [-0.25, -0.2) is 13.1 Å². The highest BCUT2D eigenvalue weighted by molar-refractivity contribution is 9.10. The summed E-state index contributed by atoms with van der Waals surface area (Å²) in [6.07, 6.45) is -0.359. The number of sulfonamides is 1. The smallest absolute Gasteiger partial charge is 0.240 e. The van der Waals surface area contributed by atoms with E-state index in [-0.39, 0.29) is 18.0 Å². The van der Waals surface area contributed by atoms with Crippen LogP contribution in [0, 0.1) is 6.92 Å². The van der Waals surface area contributed by atoms with Gasteiger partial charge in [0.1, 0.15) is 0 Å². The molecular formula is C12H18BrNO4S. The van der Waals surface area contributed by atoms with E-state index in [1.54, 1.807) is 12.1 Å². The largest absolute Gasteiger partial charge is 0.391 e. The summed E-state index contributed by atoms with van der Waals surface area (Å²) in [5.41, 5.74) is 0.849. The van der Waals surface area contributed by atoms with E-state index < -0.39 is 16.1 Å².